The van der Waals surface area contributed by atoms with Crippen LogP contribution in [0.2, 0.25) is 0 Å². The largest absolute Gasteiger partial charge is 0.381 e. The molecule has 0 N–H and O–H groups in total. The molecule has 0 atom stereocenters. The fraction of sp³-hybridized carbons (Fsp3) is 0.667. The van der Waals surface area contributed by atoms with Gasteiger partial charge in [0.25, 0.3) is 11.2 Å². The maximum atomic E-state index is 11.9. The Balaban J connectivity index is 2.02. The van der Waals surface area contributed by atoms with Gasteiger partial charge in [-0.1, -0.05) is 13.8 Å². The third-order valence-electron chi connectivity index (χ3n) is 5.86. The number of anilines is 1. The SMILES string of the molecule is [C-]#[N+]C1(c2ccc(N(CC(C)C)C3CCOCC3)c([N+](=O)[O-])c2)CCCC1. The summed E-state index contributed by atoms with van der Waals surface area (Å²) in [4.78, 5) is 17.8. The number of rotatable bonds is 6. The zero-order valence-electron chi connectivity index (χ0n) is 16.3. The summed E-state index contributed by atoms with van der Waals surface area (Å²) < 4.78 is 5.49. The van der Waals surface area contributed by atoms with Crippen molar-refractivity contribution in [2.24, 2.45) is 5.92 Å². The summed E-state index contributed by atoms with van der Waals surface area (Å²) in [5, 5.41) is 11.9. The molecule has 0 amide bonds. The molecule has 0 spiro atoms. The Morgan fingerprint density at radius 3 is 2.56 bits per heavy atom. The minimum atomic E-state index is -0.579. The lowest BCUT2D eigenvalue weighted by atomic mass is 9.88. The number of nitro benzene ring substituents is 1. The second-order valence-electron chi connectivity index (χ2n) is 8.20. The van der Waals surface area contributed by atoms with Gasteiger partial charge in [0.05, 0.1) is 4.92 Å². The van der Waals surface area contributed by atoms with Gasteiger partial charge in [-0.25, -0.2) is 6.57 Å². The van der Waals surface area contributed by atoms with Gasteiger partial charge in [-0.3, -0.25) is 10.1 Å². The molecule has 1 heterocycles. The van der Waals surface area contributed by atoms with Gasteiger partial charge in [-0.2, -0.15) is 0 Å². The van der Waals surface area contributed by atoms with Gasteiger partial charge in [0.1, 0.15) is 5.69 Å². The average Bonchev–Trinajstić information content (AvgIpc) is 3.16. The van der Waals surface area contributed by atoms with Gasteiger partial charge in [0.15, 0.2) is 0 Å². The molecular formula is C21H29N3O3. The molecule has 1 saturated carbocycles. The van der Waals surface area contributed by atoms with Gasteiger partial charge in [0.2, 0.25) is 0 Å². The van der Waals surface area contributed by atoms with Crippen LogP contribution >= 0.6 is 0 Å². The molecule has 0 radical (unpaired) electrons. The van der Waals surface area contributed by atoms with E-state index >= 15 is 0 Å². The Bertz CT molecular complexity index is 714. The fourth-order valence-corrected chi connectivity index (χ4v) is 4.46. The molecular weight excluding hydrogens is 342 g/mol. The highest BCUT2D eigenvalue weighted by molar-refractivity contribution is 5.66. The first-order valence-corrected chi connectivity index (χ1v) is 9.99. The van der Waals surface area contributed by atoms with E-state index in [1.807, 2.05) is 12.1 Å². The van der Waals surface area contributed by atoms with Crippen LogP contribution in [0.1, 0.15) is 57.9 Å². The zero-order chi connectivity index (χ0) is 19.4. The maximum absolute atomic E-state index is 11.9. The van der Waals surface area contributed by atoms with Crippen molar-refractivity contribution < 1.29 is 9.66 Å². The molecule has 146 valence electrons. The lowest BCUT2D eigenvalue weighted by Gasteiger charge is -2.37. The van der Waals surface area contributed by atoms with Crippen molar-refractivity contribution in [2.75, 3.05) is 24.7 Å². The minimum absolute atomic E-state index is 0.134. The van der Waals surface area contributed by atoms with Crippen molar-refractivity contribution in [3.05, 3.63) is 45.3 Å². The fourth-order valence-electron chi connectivity index (χ4n) is 4.46. The number of nitro groups is 1. The summed E-state index contributed by atoms with van der Waals surface area (Å²) in [6.07, 6.45) is 5.39. The molecule has 1 saturated heterocycles. The predicted octanol–water partition coefficient (Wildman–Crippen LogP) is 4.92. The Kier molecular flexibility index (Phi) is 6.01. The van der Waals surface area contributed by atoms with Gasteiger partial charge >= 0.3 is 0 Å². The van der Waals surface area contributed by atoms with E-state index in [4.69, 9.17) is 11.3 Å². The first-order chi connectivity index (χ1) is 13.0. The van der Waals surface area contributed by atoms with Gasteiger partial charge in [-0.15, -0.1) is 0 Å². The number of nitrogens with zero attached hydrogens (tertiary/aromatic N) is 3. The topological polar surface area (TPSA) is 60.0 Å². The van der Waals surface area contributed by atoms with E-state index in [2.05, 4.69) is 23.6 Å². The monoisotopic (exact) mass is 371 g/mol. The molecule has 2 fully saturated rings. The summed E-state index contributed by atoms with van der Waals surface area (Å²) in [6.45, 7) is 14.1. The molecule has 0 unspecified atom stereocenters. The summed E-state index contributed by atoms with van der Waals surface area (Å²) in [5.74, 6) is 0.400. The van der Waals surface area contributed by atoms with Crippen molar-refractivity contribution in [1.29, 1.82) is 0 Å². The van der Waals surface area contributed by atoms with Crippen molar-refractivity contribution >= 4 is 11.4 Å². The second-order valence-corrected chi connectivity index (χ2v) is 8.20. The van der Waals surface area contributed by atoms with Crippen LogP contribution in [-0.2, 0) is 10.3 Å². The van der Waals surface area contributed by atoms with Crippen molar-refractivity contribution in [3.8, 4) is 0 Å². The summed E-state index contributed by atoms with van der Waals surface area (Å²) >= 11 is 0. The lowest BCUT2D eigenvalue weighted by Crippen LogP contribution is -2.42. The minimum Gasteiger partial charge on any atom is -0.381 e. The smallest absolute Gasteiger partial charge is 0.293 e. The number of benzene rings is 1. The van der Waals surface area contributed by atoms with E-state index in [-0.39, 0.29) is 16.7 Å². The Morgan fingerprint density at radius 2 is 2.00 bits per heavy atom. The summed E-state index contributed by atoms with van der Waals surface area (Å²) in [5.41, 5.74) is 1.05. The second kappa shape index (κ2) is 8.26. The first kappa shape index (κ1) is 19.6. The van der Waals surface area contributed by atoms with Crippen molar-refractivity contribution in [2.45, 2.75) is 64.0 Å². The molecule has 6 heteroatoms. The maximum Gasteiger partial charge on any atom is 0.293 e. The molecule has 1 aromatic rings. The molecule has 2 aliphatic rings. The van der Waals surface area contributed by atoms with Crippen LogP contribution in [0.5, 0.6) is 0 Å². The molecule has 1 aliphatic carbocycles. The van der Waals surface area contributed by atoms with Crippen LogP contribution in [0.25, 0.3) is 4.85 Å². The Labute approximate surface area is 161 Å². The highest BCUT2D eigenvalue weighted by Gasteiger charge is 2.43. The van der Waals surface area contributed by atoms with Crippen LogP contribution in [0.15, 0.2) is 18.2 Å². The molecule has 1 aliphatic heterocycles. The predicted molar refractivity (Wildman–Crippen MR) is 106 cm³/mol. The van der Waals surface area contributed by atoms with Gasteiger partial charge in [0, 0.05) is 50.3 Å². The first-order valence-electron chi connectivity index (χ1n) is 9.99. The van der Waals surface area contributed by atoms with Crippen LogP contribution in [0.3, 0.4) is 0 Å². The number of hydrogen-bond acceptors (Lipinski definition) is 4. The van der Waals surface area contributed by atoms with Gasteiger partial charge in [-0.05, 0) is 43.7 Å². The Morgan fingerprint density at radius 1 is 1.33 bits per heavy atom. The molecule has 27 heavy (non-hydrogen) atoms. The van der Waals surface area contributed by atoms with Crippen molar-refractivity contribution in [3.63, 3.8) is 0 Å². The standard InChI is InChI=1S/C21H29N3O3/c1-16(2)15-23(18-8-12-27-13-9-18)19-7-6-17(14-20(19)24(25)26)21(22-3)10-4-5-11-21/h6-7,14,16,18H,4-5,8-13,15H2,1-2H3. The average molecular weight is 371 g/mol. The van der Waals surface area contributed by atoms with Gasteiger partial charge < -0.3 is 14.5 Å². The number of hydrogen-bond donors (Lipinski definition) is 0. The van der Waals surface area contributed by atoms with E-state index in [1.165, 1.54) is 0 Å². The molecule has 6 nitrogen and oxygen atoms in total. The molecule has 0 bridgehead atoms. The van der Waals surface area contributed by atoms with Crippen LogP contribution < -0.4 is 4.90 Å². The van der Waals surface area contributed by atoms with E-state index in [1.54, 1.807) is 6.07 Å². The van der Waals surface area contributed by atoms with Crippen LogP contribution in [-0.4, -0.2) is 30.7 Å². The van der Waals surface area contributed by atoms with E-state index < -0.39 is 5.54 Å². The quantitative estimate of drug-likeness (QED) is 0.404. The molecule has 0 aromatic heterocycles. The van der Waals surface area contributed by atoms with E-state index in [9.17, 15) is 10.1 Å². The highest BCUT2D eigenvalue weighted by atomic mass is 16.6. The van der Waals surface area contributed by atoms with Crippen LogP contribution in [0, 0.1) is 22.6 Å². The van der Waals surface area contributed by atoms with E-state index in [0.717, 1.165) is 50.6 Å². The normalized spacial score (nSPS) is 19.8. The molecule has 1 aromatic carbocycles. The Hall–Kier alpha value is -2.13. The van der Waals surface area contributed by atoms with Crippen LogP contribution in [0.4, 0.5) is 11.4 Å². The number of ether oxygens (including phenoxy) is 1. The lowest BCUT2D eigenvalue weighted by molar-refractivity contribution is -0.384. The highest BCUT2D eigenvalue weighted by Crippen LogP contribution is 2.45. The summed E-state index contributed by atoms with van der Waals surface area (Å²) in [6, 6.07) is 5.77. The molecule has 3 rings (SSSR count). The summed E-state index contributed by atoms with van der Waals surface area (Å²) in [7, 11) is 0. The van der Waals surface area contributed by atoms with Crippen molar-refractivity contribution in [1.82, 2.24) is 0 Å². The third-order valence-corrected chi connectivity index (χ3v) is 5.86. The van der Waals surface area contributed by atoms with E-state index in [0.29, 0.717) is 24.8 Å². The zero-order valence-corrected chi connectivity index (χ0v) is 16.3. The third kappa shape index (κ3) is 4.08.